The van der Waals surface area contributed by atoms with E-state index in [1.54, 1.807) is 0 Å². The Kier molecular flexibility index (Phi) is 7.22. The summed E-state index contributed by atoms with van der Waals surface area (Å²) in [5, 5.41) is 2.28. The van der Waals surface area contributed by atoms with Gasteiger partial charge in [0.05, 0.1) is 0 Å². The van der Waals surface area contributed by atoms with Crippen LogP contribution in [0.15, 0.2) is 115 Å². The van der Waals surface area contributed by atoms with E-state index in [0.717, 1.165) is 27.4 Å². The quantitative estimate of drug-likeness (QED) is 0.204. The first kappa shape index (κ1) is 25.6. The number of hydrogen-bond acceptors (Lipinski definition) is 3. The van der Waals surface area contributed by atoms with E-state index < -0.39 is 7.14 Å². The molecule has 0 N–H and O–H groups in total. The lowest BCUT2D eigenvalue weighted by atomic mass is 10.1. The van der Waals surface area contributed by atoms with Gasteiger partial charge in [0.2, 0.25) is 0 Å². The van der Waals surface area contributed by atoms with E-state index >= 15 is 0 Å². The Bertz CT molecular complexity index is 1500. The van der Waals surface area contributed by atoms with E-state index in [9.17, 15) is 4.57 Å². The molecule has 3 nitrogen and oxygen atoms in total. The van der Waals surface area contributed by atoms with Gasteiger partial charge in [-0.2, -0.15) is 0 Å². The van der Waals surface area contributed by atoms with Crippen molar-refractivity contribution < 1.29 is 14.0 Å². The van der Waals surface area contributed by atoms with Crippen molar-refractivity contribution in [2.75, 3.05) is 0 Å². The van der Waals surface area contributed by atoms with E-state index in [2.05, 4.69) is 39.8 Å². The Balaban J connectivity index is 1.45. The lowest BCUT2D eigenvalue weighted by Gasteiger charge is -2.20. The predicted molar refractivity (Wildman–Crippen MR) is 158 cm³/mol. The average molecular weight is 519 g/mol. The van der Waals surface area contributed by atoms with Gasteiger partial charge in [-0.3, -0.25) is 0 Å². The summed E-state index contributed by atoms with van der Waals surface area (Å²) in [5.74, 6) is 2.97. The second-order valence-electron chi connectivity index (χ2n) is 9.63. The van der Waals surface area contributed by atoms with Crippen LogP contribution in [-0.2, 0) is 4.57 Å². The standard InChI is InChI=1S/C34H31O3P/c1-24-10-12-30(22-26(24)3)36-28-14-18-33(19-15-28)38(35,32-8-6-5-7-9-32)34-20-16-29(17-21-34)37-31-13-11-25(2)27(4)23-31/h5-23H,1-4H3. The van der Waals surface area contributed by atoms with Gasteiger partial charge in [-0.1, -0.05) is 42.5 Å². The molecule has 0 unspecified atom stereocenters. The third-order valence-corrected chi connectivity index (χ3v) is 10.0. The lowest BCUT2D eigenvalue weighted by Crippen LogP contribution is -2.24. The molecule has 0 fully saturated rings. The van der Waals surface area contributed by atoms with Crippen molar-refractivity contribution in [1.29, 1.82) is 0 Å². The van der Waals surface area contributed by atoms with Crippen LogP contribution in [0, 0.1) is 27.7 Å². The molecule has 38 heavy (non-hydrogen) atoms. The van der Waals surface area contributed by atoms with Crippen LogP contribution in [-0.4, -0.2) is 0 Å². The molecule has 5 aromatic carbocycles. The largest absolute Gasteiger partial charge is 0.457 e. The normalized spacial score (nSPS) is 11.3. The zero-order chi connectivity index (χ0) is 26.7. The maximum absolute atomic E-state index is 14.8. The van der Waals surface area contributed by atoms with Crippen LogP contribution in [0.4, 0.5) is 0 Å². The highest BCUT2D eigenvalue weighted by Gasteiger charge is 2.29. The first-order valence-electron chi connectivity index (χ1n) is 12.7. The summed E-state index contributed by atoms with van der Waals surface area (Å²) in [6.07, 6.45) is 0. The fourth-order valence-electron chi connectivity index (χ4n) is 4.36. The molecule has 0 bridgehead atoms. The van der Waals surface area contributed by atoms with Crippen LogP contribution < -0.4 is 25.4 Å². The first-order valence-corrected chi connectivity index (χ1v) is 14.4. The molecule has 0 saturated carbocycles. The van der Waals surface area contributed by atoms with Crippen molar-refractivity contribution >= 4 is 23.1 Å². The molecule has 0 aliphatic carbocycles. The molecule has 0 heterocycles. The average Bonchev–Trinajstić information content (AvgIpc) is 2.94. The fourth-order valence-corrected chi connectivity index (χ4v) is 6.98. The third kappa shape index (κ3) is 5.30. The van der Waals surface area contributed by atoms with Gasteiger partial charge in [0.15, 0.2) is 7.14 Å². The molecule has 0 saturated heterocycles. The highest BCUT2D eigenvalue weighted by atomic mass is 31.2. The molecular formula is C34H31O3P. The molecule has 5 aromatic rings. The summed E-state index contributed by atoms with van der Waals surface area (Å²) in [7, 11) is -3.12. The summed E-state index contributed by atoms with van der Waals surface area (Å²) in [6, 6.07) is 36.9. The topological polar surface area (TPSA) is 35.5 Å². The van der Waals surface area contributed by atoms with Gasteiger partial charge in [0, 0.05) is 15.9 Å². The van der Waals surface area contributed by atoms with E-state index in [0.29, 0.717) is 11.5 Å². The summed E-state index contributed by atoms with van der Waals surface area (Å²) in [4.78, 5) is 0. The number of ether oxygens (including phenoxy) is 2. The molecule has 0 amide bonds. The minimum absolute atomic E-state index is 0.703. The van der Waals surface area contributed by atoms with Crippen LogP contribution in [0.2, 0.25) is 0 Å². The number of aryl methyl sites for hydroxylation is 4. The van der Waals surface area contributed by atoms with E-state index in [4.69, 9.17) is 9.47 Å². The molecule has 0 aromatic heterocycles. The molecule has 4 heteroatoms. The molecule has 0 aliphatic heterocycles. The summed E-state index contributed by atoms with van der Waals surface area (Å²) >= 11 is 0. The molecule has 0 atom stereocenters. The molecular weight excluding hydrogens is 487 g/mol. The Hall–Kier alpha value is -4.07. The minimum atomic E-state index is -3.12. The van der Waals surface area contributed by atoms with Gasteiger partial charge in [-0.15, -0.1) is 0 Å². The van der Waals surface area contributed by atoms with E-state index in [-0.39, 0.29) is 0 Å². The van der Waals surface area contributed by atoms with Crippen molar-refractivity contribution in [3.05, 3.63) is 138 Å². The zero-order valence-corrected chi connectivity index (χ0v) is 23.0. The highest BCUT2D eigenvalue weighted by molar-refractivity contribution is 7.85. The maximum Gasteiger partial charge on any atom is 0.171 e. The van der Waals surface area contributed by atoms with E-state index in [1.807, 2.05) is 103 Å². The van der Waals surface area contributed by atoms with Crippen molar-refractivity contribution in [3.63, 3.8) is 0 Å². The lowest BCUT2D eigenvalue weighted by molar-refractivity contribution is 0.482. The van der Waals surface area contributed by atoms with Crippen LogP contribution in [0.5, 0.6) is 23.0 Å². The second kappa shape index (κ2) is 10.7. The van der Waals surface area contributed by atoms with Crippen molar-refractivity contribution in [2.45, 2.75) is 27.7 Å². The minimum Gasteiger partial charge on any atom is -0.457 e. The van der Waals surface area contributed by atoms with Gasteiger partial charge in [-0.25, -0.2) is 0 Å². The smallest absolute Gasteiger partial charge is 0.171 e. The Morgan fingerprint density at radius 2 is 0.789 bits per heavy atom. The number of benzene rings is 5. The van der Waals surface area contributed by atoms with Gasteiger partial charge in [-0.05, 0) is 123 Å². The second-order valence-corrected chi connectivity index (χ2v) is 12.4. The van der Waals surface area contributed by atoms with Crippen molar-refractivity contribution in [3.8, 4) is 23.0 Å². The predicted octanol–water partition coefficient (Wildman–Crippen LogP) is 8.14. The summed E-state index contributed by atoms with van der Waals surface area (Å²) in [5.41, 5.74) is 4.80. The molecule has 190 valence electrons. The zero-order valence-electron chi connectivity index (χ0n) is 22.1. The number of hydrogen-bond donors (Lipinski definition) is 0. The highest BCUT2D eigenvalue weighted by Crippen LogP contribution is 2.43. The molecule has 0 spiro atoms. The van der Waals surface area contributed by atoms with Gasteiger partial charge < -0.3 is 14.0 Å². The monoisotopic (exact) mass is 518 g/mol. The van der Waals surface area contributed by atoms with Gasteiger partial charge >= 0.3 is 0 Å². The Morgan fingerprint density at radius 1 is 0.421 bits per heavy atom. The Morgan fingerprint density at radius 3 is 1.18 bits per heavy atom. The van der Waals surface area contributed by atoms with Crippen molar-refractivity contribution in [2.24, 2.45) is 0 Å². The summed E-state index contributed by atoms with van der Waals surface area (Å²) < 4.78 is 27.0. The van der Waals surface area contributed by atoms with Crippen LogP contribution in [0.1, 0.15) is 22.3 Å². The Labute approximate surface area is 225 Å². The van der Waals surface area contributed by atoms with Crippen LogP contribution >= 0.6 is 7.14 Å². The van der Waals surface area contributed by atoms with Crippen molar-refractivity contribution in [1.82, 2.24) is 0 Å². The molecule has 0 radical (unpaired) electrons. The van der Waals surface area contributed by atoms with Gasteiger partial charge in [0.25, 0.3) is 0 Å². The third-order valence-electron chi connectivity index (χ3n) is 6.95. The van der Waals surface area contributed by atoms with E-state index in [1.165, 1.54) is 22.3 Å². The summed E-state index contributed by atoms with van der Waals surface area (Å²) in [6.45, 7) is 8.30. The SMILES string of the molecule is Cc1ccc(Oc2ccc(P(=O)(c3ccccc3)c3ccc(Oc4ccc(C)c(C)c4)cc3)cc2)cc1C. The number of rotatable bonds is 7. The molecule has 5 rings (SSSR count). The fraction of sp³-hybridized carbons (Fsp3) is 0.118. The van der Waals surface area contributed by atoms with Gasteiger partial charge in [0.1, 0.15) is 23.0 Å². The molecule has 0 aliphatic rings. The van der Waals surface area contributed by atoms with Crippen LogP contribution in [0.25, 0.3) is 0 Å². The first-order chi connectivity index (χ1) is 18.3. The van der Waals surface area contributed by atoms with Crippen LogP contribution in [0.3, 0.4) is 0 Å². The maximum atomic E-state index is 14.8.